The van der Waals surface area contributed by atoms with Crippen LogP contribution in [-0.2, 0) is 6.54 Å². The maximum Gasteiger partial charge on any atom is 0.0445 e. The fourth-order valence-electron chi connectivity index (χ4n) is 1.99. The molecule has 0 atom stereocenters. The molecule has 3 nitrogen and oxygen atoms in total. The van der Waals surface area contributed by atoms with Crippen molar-refractivity contribution in [3.05, 3.63) is 59.9 Å². The molecule has 2 N–H and O–H groups in total. The standard InChI is InChI=1S/C15H19N3/c1-13-4-2-6-15(10-13)18(9-7-16)12-14-5-3-8-17-11-14/h2-6,8,10-11H,7,9,12,16H2,1H3. The fraction of sp³-hybridized carbons (Fsp3) is 0.267. The molecule has 0 saturated heterocycles. The highest BCUT2D eigenvalue weighted by Gasteiger charge is 2.06. The van der Waals surface area contributed by atoms with Gasteiger partial charge in [-0.15, -0.1) is 0 Å². The maximum atomic E-state index is 5.70. The van der Waals surface area contributed by atoms with Crippen LogP contribution in [0.25, 0.3) is 0 Å². The van der Waals surface area contributed by atoms with E-state index in [-0.39, 0.29) is 0 Å². The van der Waals surface area contributed by atoms with Gasteiger partial charge >= 0.3 is 0 Å². The summed E-state index contributed by atoms with van der Waals surface area (Å²) >= 11 is 0. The lowest BCUT2D eigenvalue weighted by molar-refractivity contribution is 0.787. The minimum absolute atomic E-state index is 0.647. The minimum atomic E-state index is 0.647. The molecule has 0 aliphatic rings. The zero-order chi connectivity index (χ0) is 12.8. The first-order chi connectivity index (χ1) is 8.79. The quantitative estimate of drug-likeness (QED) is 0.873. The van der Waals surface area contributed by atoms with Crippen LogP contribution < -0.4 is 10.6 Å². The van der Waals surface area contributed by atoms with Crippen LogP contribution in [0, 0.1) is 6.92 Å². The number of aryl methyl sites for hydroxylation is 1. The van der Waals surface area contributed by atoms with Gasteiger partial charge in [0.15, 0.2) is 0 Å². The van der Waals surface area contributed by atoms with Gasteiger partial charge in [-0.2, -0.15) is 0 Å². The highest BCUT2D eigenvalue weighted by Crippen LogP contribution is 2.17. The molecule has 1 aromatic carbocycles. The Bertz CT molecular complexity index is 482. The Balaban J connectivity index is 2.18. The molecule has 0 fully saturated rings. The molecule has 0 radical (unpaired) electrons. The van der Waals surface area contributed by atoms with Crippen molar-refractivity contribution in [1.82, 2.24) is 4.98 Å². The molecule has 0 unspecified atom stereocenters. The number of benzene rings is 1. The Morgan fingerprint density at radius 1 is 1.22 bits per heavy atom. The summed E-state index contributed by atoms with van der Waals surface area (Å²) in [4.78, 5) is 6.43. The van der Waals surface area contributed by atoms with Crippen molar-refractivity contribution in [2.24, 2.45) is 5.73 Å². The summed E-state index contributed by atoms with van der Waals surface area (Å²) in [6.45, 7) is 4.44. The molecule has 0 aliphatic heterocycles. The Morgan fingerprint density at radius 2 is 2.11 bits per heavy atom. The van der Waals surface area contributed by atoms with E-state index in [2.05, 4.69) is 47.1 Å². The fourth-order valence-corrected chi connectivity index (χ4v) is 1.99. The first-order valence-electron chi connectivity index (χ1n) is 6.20. The van der Waals surface area contributed by atoms with Crippen LogP contribution in [0.3, 0.4) is 0 Å². The first-order valence-corrected chi connectivity index (χ1v) is 6.20. The first kappa shape index (κ1) is 12.6. The smallest absolute Gasteiger partial charge is 0.0445 e. The van der Waals surface area contributed by atoms with Gasteiger partial charge in [0, 0.05) is 37.7 Å². The molecule has 0 bridgehead atoms. The number of hydrogen-bond acceptors (Lipinski definition) is 3. The highest BCUT2D eigenvalue weighted by molar-refractivity contribution is 5.48. The van der Waals surface area contributed by atoms with Crippen molar-refractivity contribution in [3.63, 3.8) is 0 Å². The monoisotopic (exact) mass is 241 g/mol. The van der Waals surface area contributed by atoms with E-state index in [4.69, 9.17) is 5.73 Å². The van der Waals surface area contributed by atoms with Gasteiger partial charge in [-0.3, -0.25) is 4.98 Å². The number of rotatable bonds is 5. The number of hydrogen-bond donors (Lipinski definition) is 1. The lowest BCUT2D eigenvalue weighted by Gasteiger charge is -2.24. The number of nitrogens with two attached hydrogens (primary N) is 1. The van der Waals surface area contributed by atoms with Crippen LogP contribution in [-0.4, -0.2) is 18.1 Å². The van der Waals surface area contributed by atoms with E-state index in [1.807, 2.05) is 12.3 Å². The summed E-state index contributed by atoms with van der Waals surface area (Å²) < 4.78 is 0. The van der Waals surface area contributed by atoms with Gasteiger partial charge in [-0.1, -0.05) is 18.2 Å². The average molecular weight is 241 g/mol. The maximum absolute atomic E-state index is 5.70. The van der Waals surface area contributed by atoms with E-state index in [1.165, 1.54) is 16.8 Å². The summed E-state index contributed by atoms with van der Waals surface area (Å²) in [6.07, 6.45) is 3.70. The summed E-state index contributed by atoms with van der Waals surface area (Å²) in [5, 5.41) is 0. The van der Waals surface area contributed by atoms with E-state index in [0.29, 0.717) is 6.54 Å². The lowest BCUT2D eigenvalue weighted by Crippen LogP contribution is -2.29. The van der Waals surface area contributed by atoms with E-state index in [1.54, 1.807) is 6.20 Å². The van der Waals surface area contributed by atoms with Crippen molar-refractivity contribution in [2.45, 2.75) is 13.5 Å². The molecule has 2 aromatic rings. The van der Waals surface area contributed by atoms with Gasteiger partial charge in [-0.25, -0.2) is 0 Å². The second-order valence-electron chi connectivity index (χ2n) is 4.41. The van der Waals surface area contributed by atoms with E-state index >= 15 is 0 Å². The van der Waals surface area contributed by atoms with Crippen molar-refractivity contribution >= 4 is 5.69 Å². The molecular formula is C15H19N3. The zero-order valence-electron chi connectivity index (χ0n) is 10.7. The Morgan fingerprint density at radius 3 is 2.78 bits per heavy atom. The van der Waals surface area contributed by atoms with E-state index < -0.39 is 0 Å². The van der Waals surface area contributed by atoms with Gasteiger partial charge in [-0.05, 0) is 36.2 Å². The largest absolute Gasteiger partial charge is 0.366 e. The van der Waals surface area contributed by atoms with Crippen molar-refractivity contribution in [1.29, 1.82) is 0 Å². The Labute approximate surface area is 108 Å². The van der Waals surface area contributed by atoms with E-state index in [9.17, 15) is 0 Å². The minimum Gasteiger partial charge on any atom is -0.366 e. The number of aromatic nitrogens is 1. The van der Waals surface area contributed by atoms with Crippen LogP contribution in [0.1, 0.15) is 11.1 Å². The van der Waals surface area contributed by atoms with Gasteiger partial charge in [0.1, 0.15) is 0 Å². The number of pyridine rings is 1. The molecule has 0 saturated carbocycles. The molecule has 1 heterocycles. The third-order valence-electron chi connectivity index (χ3n) is 2.86. The van der Waals surface area contributed by atoms with Crippen LogP contribution in [0.15, 0.2) is 48.8 Å². The topological polar surface area (TPSA) is 42.1 Å². The summed E-state index contributed by atoms with van der Waals surface area (Å²) in [5.74, 6) is 0. The molecule has 0 amide bonds. The van der Waals surface area contributed by atoms with Gasteiger partial charge in [0.05, 0.1) is 0 Å². The number of anilines is 1. The Kier molecular flexibility index (Phi) is 4.31. The van der Waals surface area contributed by atoms with Crippen molar-refractivity contribution in [3.8, 4) is 0 Å². The summed E-state index contributed by atoms with van der Waals surface area (Å²) in [7, 11) is 0. The third kappa shape index (κ3) is 3.31. The van der Waals surface area contributed by atoms with Crippen LogP contribution >= 0.6 is 0 Å². The zero-order valence-corrected chi connectivity index (χ0v) is 10.7. The molecule has 94 valence electrons. The van der Waals surface area contributed by atoms with Crippen LogP contribution in [0.4, 0.5) is 5.69 Å². The SMILES string of the molecule is Cc1cccc(N(CCN)Cc2cccnc2)c1. The molecule has 0 aliphatic carbocycles. The van der Waals surface area contributed by atoms with Gasteiger partial charge in [0.2, 0.25) is 0 Å². The van der Waals surface area contributed by atoms with Gasteiger partial charge < -0.3 is 10.6 Å². The predicted octanol–water partition coefficient (Wildman–Crippen LogP) is 2.36. The lowest BCUT2D eigenvalue weighted by atomic mass is 10.2. The second-order valence-corrected chi connectivity index (χ2v) is 4.41. The molecule has 2 rings (SSSR count). The second kappa shape index (κ2) is 6.17. The molecule has 18 heavy (non-hydrogen) atoms. The molecule has 1 aromatic heterocycles. The average Bonchev–Trinajstić information content (AvgIpc) is 2.39. The molecule has 3 heteroatoms. The molecular weight excluding hydrogens is 222 g/mol. The van der Waals surface area contributed by atoms with Crippen molar-refractivity contribution < 1.29 is 0 Å². The predicted molar refractivity (Wildman–Crippen MR) is 75.5 cm³/mol. The summed E-state index contributed by atoms with van der Waals surface area (Å²) in [5.41, 5.74) is 9.38. The van der Waals surface area contributed by atoms with Crippen molar-refractivity contribution in [2.75, 3.05) is 18.0 Å². The van der Waals surface area contributed by atoms with Gasteiger partial charge in [0.25, 0.3) is 0 Å². The third-order valence-corrected chi connectivity index (χ3v) is 2.86. The van der Waals surface area contributed by atoms with Crippen LogP contribution in [0.5, 0.6) is 0 Å². The normalized spacial score (nSPS) is 10.3. The van der Waals surface area contributed by atoms with Crippen LogP contribution in [0.2, 0.25) is 0 Å². The summed E-state index contributed by atoms with van der Waals surface area (Å²) in [6, 6.07) is 12.6. The number of nitrogens with zero attached hydrogens (tertiary/aromatic N) is 2. The molecule has 0 spiro atoms. The Hall–Kier alpha value is -1.87. The van der Waals surface area contributed by atoms with E-state index in [0.717, 1.165) is 13.1 Å². The highest BCUT2D eigenvalue weighted by atomic mass is 15.1.